The molecule has 3 nitrogen and oxygen atoms in total. The number of hydrogen-bond donors (Lipinski definition) is 0. The molecule has 1 saturated heterocycles. The lowest BCUT2D eigenvalue weighted by molar-refractivity contribution is 0.0825. The van der Waals surface area contributed by atoms with Gasteiger partial charge in [0.25, 0.3) is 0 Å². The van der Waals surface area contributed by atoms with Crippen LogP contribution in [0.1, 0.15) is 42.2 Å². The molecule has 0 amide bonds. The topological polar surface area (TPSA) is 25.2 Å². The molecular weight excluding hydrogens is 284 g/mol. The summed E-state index contributed by atoms with van der Waals surface area (Å²) in [5.41, 5.74) is 3.43. The minimum absolute atomic E-state index is 0.179. The normalized spacial score (nSPS) is 25.7. The number of carbonyl (C=O) groups is 1. The molecule has 4 rings (SSSR count). The molecule has 3 heteroatoms. The molecule has 1 aromatic carbocycles. The second-order valence-corrected chi connectivity index (χ2v) is 7.50. The highest BCUT2D eigenvalue weighted by Crippen LogP contribution is 2.34. The van der Waals surface area contributed by atoms with Crippen molar-refractivity contribution in [3.63, 3.8) is 0 Å². The lowest BCUT2D eigenvalue weighted by Gasteiger charge is -2.34. The first-order valence-electron chi connectivity index (χ1n) is 8.98. The van der Waals surface area contributed by atoms with Crippen LogP contribution in [0.5, 0.6) is 0 Å². The highest BCUT2D eigenvalue weighted by atomic mass is 16.1. The Morgan fingerprint density at radius 3 is 2.87 bits per heavy atom. The fraction of sp³-hybridized carbons (Fsp3) is 0.550. The van der Waals surface area contributed by atoms with Gasteiger partial charge in [-0.25, -0.2) is 0 Å². The van der Waals surface area contributed by atoms with E-state index >= 15 is 0 Å². The van der Waals surface area contributed by atoms with Crippen LogP contribution in [-0.4, -0.2) is 34.9 Å². The molecule has 2 atom stereocenters. The highest BCUT2D eigenvalue weighted by Gasteiger charge is 2.33. The Labute approximate surface area is 138 Å². The summed E-state index contributed by atoms with van der Waals surface area (Å²) >= 11 is 0. The van der Waals surface area contributed by atoms with E-state index in [0.29, 0.717) is 5.78 Å². The lowest BCUT2D eigenvalue weighted by Crippen LogP contribution is -2.40. The molecule has 23 heavy (non-hydrogen) atoms. The zero-order valence-electron chi connectivity index (χ0n) is 14.2. The third-order valence-corrected chi connectivity index (χ3v) is 5.79. The molecule has 1 aliphatic carbocycles. The average molecular weight is 310 g/mol. The predicted molar refractivity (Wildman–Crippen MR) is 93.9 cm³/mol. The number of aromatic nitrogens is 1. The van der Waals surface area contributed by atoms with Gasteiger partial charge in [0.2, 0.25) is 0 Å². The number of piperidine rings is 1. The summed E-state index contributed by atoms with van der Waals surface area (Å²) in [6.07, 6.45) is 4.64. The van der Waals surface area contributed by atoms with Gasteiger partial charge in [-0.2, -0.15) is 0 Å². The van der Waals surface area contributed by atoms with E-state index in [1.807, 2.05) is 6.07 Å². The van der Waals surface area contributed by atoms with E-state index < -0.39 is 0 Å². The maximum Gasteiger partial charge on any atom is 0.169 e. The summed E-state index contributed by atoms with van der Waals surface area (Å²) < 4.78 is 2.22. The SMILES string of the molecule is CC1CCCN(CC2CCc3c(c4ccccc4n3C)C2=O)C1. The van der Waals surface area contributed by atoms with Crippen LogP contribution in [0, 0.1) is 11.8 Å². The average Bonchev–Trinajstić information content (AvgIpc) is 2.84. The van der Waals surface area contributed by atoms with Crippen LogP contribution in [0.2, 0.25) is 0 Å². The molecule has 122 valence electrons. The number of aryl methyl sites for hydroxylation is 1. The second-order valence-electron chi connectivity index (χ2n) is 7.50. The van der Waals surface area contributed by atoms with Crippen molar-refractivity contribution < 1.29 is 4.79 Å². The molecule has 0 spiro atoms. The number of rotatable bonds is 2. The van der Waals surface area contributed by atoms with Gasteiger partial charge in [-0.05, 0) is 44.2 Å². The maximum absolute atomic E-state index is 13.2. The van der Waals surface area contributed by atoms with Crippen molar-refractivity contribution >= 4 is 16.7 Å². The van der Waals surface area contributed by atoms with Crippen molar-refractivity contribution in [2.45, 2.75) is 32.6 Å². The van der Waals surface area contributed by atoms with Gasteiger partial charge in [0.05, 0.1) is 0 Å². The zero-order chi connectivity index (χ0) is 16.0. The maximum atomic E-state index is 13.2. The van der Waals surface area contributed by atoms with Crippen molar-refractivity contribution in [1.82, 2.24) is 9.47 Å². The number of ketones is 1. The Morgan fingerprint density at radius 1 is 1.22 bits per heavy atom. The minimum Gasteiger partial charge on any atom is -0.347 e. The number of carbonyl (C=O) groups excluding carboxylic acids is 1. The van der Waals surface area contributed by atoms with Gasteiger partial charge in [0.15, 0.2) is 5.78 Å². The fourth-order valence-electron chi connectivity index (χ4n) is 4.60. The standard InChI is InChI=1S/C20H26N2O/c1-14-6-5-11-22(12-14)13-15-9-10-18-19(20(15)23)16-7-3-4-8-17(16)21(18)2/h3-4,7-8,14-15H,5-6,9-13H2,1-2H3. The van der Waals surface area contributed by atoms with Crippen molar-refractivity contribution in [2.75, 3.05) is 19.6 Å². The van der Waals surface area contributed by atoms with Crippen molar-refractivity contribution in [1.29, 1.82) is 0 Å². The predicted octanol–water partition coefficient (Wildman–Crippen LogP) is 3.66. The number of nitrogens with zero attached hydrogens (tertiary/aromatic N) is 2. The Bertz CT molecular complexity index is 745. The molecule has 2 unspecified atom stereocenters. The van der Waals surface area contributed by atoms with Gasteiger partial charge >= 0.3 is 0 Å². The quantitative estimate of drug-likeness (QED) is 0.846. The van der Waals surface area contributed by atoms with Crippen LogP contribution < -0.4 is 0 Å². The Hall–Kier alpha value is -1.61. The number of para-hydroxylation sites is 1. The summed E-state index contributed by atoms with van der Waals surface area (Å²) in [7, 11) is 2.10. The van der Waals surface area contributed by atoms with E-state index in [0.717, 1.165) is 49.3 Å². The largest absolute Gasteiger partial charge is 0.347 e. The summed E-state index contributed by atoms with van der Waals surface area (Å²) in [6.45, 7) is 5.60. The fourth-order valence-corrected chi connectivity index (χ4v) is 4.60. The van der Waals surface area contributed by atoms with E-state index in [-0.39, 0.29) is 5.92 Å². The molecule has 2 aromatic rings. The molecule has 0 N–H and O–H groups in total. The second kappa shape index (κ2) is 5.79. The van der Waals surface area contributed by atoms with Gasteiger partial charge in [-0.3, -0.25) is 4.79 Å². The number of Topliss-reactive ketones (excluding diaryl/α,β-unsaturated/α-hetero) is 1. The summed E-state index contributed by atoms with van der Waals surface area (Å²) in [5.74, 6) is 1.33. The first kappa shape index (κ1) is 14.9. The van der Waals surface area contributed by atoms with Gasteiger partial charge in [-0.1, -0.05) is 25.1 Å². The zero-order valence-corrected chi connectivity index (χ0v) is 14.2. The minimum atomic E-state index is 0.179. The number of fused-ring (bicyclic) bond motifs is 3. The molecule has 1 aromatic heterocycles. The van der Waals surface area contributed by atoms with Crippen LogP contribution in [-0.2, 0) is 13.5 Å². The van der Waals surface area contributed by atoms with Gasteiger partial charge in [-0.15, -0.1) is 0 Å². The molecule has 0 bridgehead atoms. The molecule has 2 heterocycles. The Kier molecular flexibility index (Phi) is 3.76. The van der Waals surface area contributed by atoms with Gasteiger partial charge < -0.3 is 9.47 Å². The number of likely N-dealkylation sites (tertiary alicyclic amines) is 1. The molecule has 2 aliphatic rings. The molecule has 0 radical (unpaired) electrons. The van der Waals surface area contributed by atoms with E-state index in [9.17, 15) is 4.79 Å². The van der Waals surface area contributed by atoms with Crippen molar-refractivity contribution in [2.24, 2.45) is 18.9 Å². The summed E-state index contributed by atoms with van der Waals surface area (Å²) in [4.78, 5) is 15.7. The van der Waals surface area contributed by atoms with E-state index in [4.69, 9.17) is 0 Å². The first-order chi connectivity index (χ1) is 11.1. The van der Waals surface area contributed by atoms with E-state index in [2.05, 4.69) is 41.6 Å². The first-order valence-corrected chi connectivity index (χ1v) is 8.98. The monoisotopic (exact) mass is 310 g/mol. The Balaban J connectivity index is 1.63. The number of hydrogen-bond acceptors (Lipinski definition) is 2. The molecular formula is C20H26N2O. The molecule has 1 aliphatic heterocycles. The summed E-state index contributed by atoms with van der Waals surface area (Å²) in [5, 5.41) is 1.15. The highest BCUT2D eigenvalue weighted by molar-refractivity contribution is 6.11. The van der Waals surface area contributed by atoms with E-state index in [1.165, 1.54) is 24.1 Å². The third kappa shape index (κ3) is 2.51. The van der Waals surface area contributed by atoms with Crippen molar-refractivity contribution in [3.05, 3.63) is 35.5 Å². The Morgan fingerprint density at radius 2 is 2.04 bits per heavy atom. The van der Waals surface area contributed by atoms with Crippen LogP contribution in [0.25, 0.3) is 10.9 Å². The van der Waals surface area contributed by atoms with Crippen LogP contribution in [0.15, 0.2) is 24.3 Å². The third-order valence-electron chi connectivity index (χ3n) is 5.79. The van der Waals surface area contributed by atoms with E-state index in [1.54, 1.807) is 0 Å². The number of benzene rings is 1. The summed E-state index contributed by atoms with van der Waals surface area (Å²) in [6, 6.07) is 8.34. The molecule has 0 saturated carbocycles. The van der Waals surface area contributed by atoms with Crippen molar-refractivity contribution in [3.8, 4) is 0 Å². The van der Waals surface area contributed by atoms with Crippen LogP contribution >= 0.6 is 0 Å². The van der Waals surface area contributed by atoms with Gasteiger partial charge in [0, 0.05) is 48.2 Å². The smallest absolute Gasteiger partial charge is 0.169 e. The van der Waals surface area contributed by atoms with Gasteiger partial charge in [0.1, 0.15) is 0 Å². The molecule has 1 fully saturated rings. The lowest BCUT2D eigenvalue weighted by atomic mass is 9.84. The van der Waals surface area contributed by atoms with Crippen LogP contribution in [0.4, 0.5) is 0 Å². The van der Waals surface area contributed by atoms with Crippen LogP contribution in [0.3, 0.4) is 0 Å².